The summed E-state index contributed by atoms with van der Waals surface area (Å²) >= 11 is 6.01. The summed E-state index contributed by atoms with van der Waals surface area (Å²) in [5, 5.41) is 0.367. The molecule has 4 rings (SSSR count). The van der Waals surface area contributed by atoms with E-state index in [0.29, 0.717) is 23.9 Å². The highest BCUT2D eigenvalue weighted by Crippen LogP contribution is 2.32. The van der Waals surface area contributed by atoms with E-state index in [4.69, 9.17) is 25.8 Å². The van der Waals surface area contributed by atoms with E-state index in [9.17, 15) is 8.42 Å². The third-order valence-electron chi connectivity index (χ3n) is 5.06. The molecule has 0 atom stereocenters. The maximum absolute atomic E-state index is 13.1. The van der Waals surface area contributed by atoms with Crippen molar-refractivity contribution in [2.45, 2.75) is 11.4 Å². The SMILES string of the molecule is COc1ccc(Cl)cc1S(=O)(=O)N1CC[NH+](Cc2ccc3c(c2)OCO3)CC1. The summed E-state index contributed by atoms with van der Waals surface area (Å²) in [5.41, 5.74) is 1.15. The molecule has 1 N–H and O–H groups in total. The molecule has 0 unspecified atom stereocenters. The van der Waals surface area contributed by atoms with Gasteiger partial charge in [0.1, 0.15) is 17.2 Å². The molecule has 1 fully saturated rings. The molecular weight excluding hydrogens is 404 g/mol. The Balaban J connectivity index is 1.43. The zero-order valence-corrected chi connectivity index (χ0v) is 17.1. The van der Waals surface area contributed by atoms with Crippen LogP contribution in [0.15, 0.2) is 41.3 Å². The Kier molecular flexibility index (Phi) is 5.37. The van der Waals surface area contributed by atoms with Crippen LogP contribution in [0.3, 0.4) is 0 Å². The first-order valence-electron chi connectivity index (χ1n) is 9.03. The molecule has 7 nitrogen and oxygen atoms in total. The average molecular weight is 426 g/mol. The summed E-state index contributed by atoms with van der Waals surface area (Å²) in [6.07, 6.45) is 0. The Morgan fingerprint density at radius 2 is 1.86 bits per heavy atom. The van der Waals surface area contributed by atoms with Crippen LogP contribution in [0.5, 0.6) is 17.2 Å². The molecule has 0 saturated carbocycles. The predicted molar refractivity (Wildman–Crippen MR) is 104 cm³/mol. The number of fused-ring (bicyclic) bond motifs is 1. The number of nitrogens with zero attached hydrogens (tertiary/aromatic N) is 1. The third-order valence-corrected chi connectivity index (χ3v) is 7.22. The molecule has 150 valence electrons. The number of halogens is 1. The van der Waals surface area contributed by atoms with Gasteiger partial charge in [0, 0.05) is 10.6 Å². The van der Waals surface area contributed by atoms with E-state index in [1.165, 1.54) is 22.4 Å². The van der Waals surface area contributed by atoms with Crippen LogP contribution in [0.25, 0.3) is 0 Å². The van der Waals surface area contributed by atoms with Crippen LogP contribution in [-0.4, -0.2) is 52.8 Å². The van der Waals surface area contributed by atoms with Crippen molar-refractivity contribution in [2.75, 3.05) is 40.1 Å². The van der Waals surface area contributed by atoms with Crippen molar-refractivity contribution in [1.29, 1.82) is 0 Å². The zero-order chi connectivity index (χ0) is 19.7. The molecule has 2 aliphatic heterocycles. The molecule has 2 aromatic rings. The fourth-order valence-corrected chi connectivity index (χ4v) is 5.41. The lowest BCUT2D eigenvalue weighted by atomic mass is 10.2. The Morgan fingerprint density at radius 3 is 2.61 bits per heavy atom. The van der Waals surface area contributed by atoms with Crippen LogP contribution in [-0.2, 0) is 16.6 Å². The predicted octanol–water partition coefficient (Wildman–Crippen LogP) is 1.17. The maximum Gasteiger partial charge on any atom is 0.247 e. The number of hydrogen-bond acceptors (Lipinski definition) is 5. The minimum absolute atomic E-state index is 0.113. The lowest BCUT2D eigenvalue weighted by Gasteiger charge is -2.31. The number of benzene rings is 2. The molecule has 0 aromatic heterocycles. The van der Waals surface area contributed by atoms with E-state index in [1.54, 1.807) is 12.1 Å². The molecule has 2 aromatic carbocycles. The summed E-state index contributed by atoms with van der Waals surface area (Å²) in [4.78, 5) is 1.44. The lowest BCUT2D eigenvalue weighted by Crippen LogP contribution is -3.13. The van der Waals surface area contributed by atoms with Gasteiger partial charge in [-0.2, -0.15) is 4.31 Å². The molecular formula is C19H22ClN2O5S+. The fraction of sp³-hybridized carbons (Fsp3) is 0.368. The van der Waals surface area contributed by atoms with E-state index in [-0.39, 0.29) is 11.7 Å². The van der Waals surface area contributed by atoms with Gasteiger partial charge < -0.3 is 19.1 Å². The second-order valence-corrected chi connectivity index (χ2v) is 9.16. The van der Waals surface area contributed by atoms with E-state index >= 15 is 0 Å². The molecule has 28 heavy (non-hydrogen) atoms. The van der Waals surface area contributed by atoms with Gasteiger partial charge in [0.2, 0.25) is 16.8 Å². The van der Waals surface area contributed by atoms with E-state index < -0.39 is 10.0 Å². The number of methoxy groups -OCH3 is 1. The number of sulfonamides is 1. The highest BCUT2D eigenvalue weighted by Gasteiger charge is 2.32. The molecule has 1 saturated heterocycles. The summed E-state index contributed by atoms with van der Waals surface area (Å²) in [5.74, 6) is 1.84. The van der Waals surface area contributed by atoms with Crippen molar-refractivity contribution in [1.82, 2.24) is 4.31 Å². The van der Waals surface area contributed by atoms with Crippen molar-refractivity contribution in [3.8, 4) is 17.2 Å². The van der Waals surface area contributed by atoms with E-state index in [2.05, 4.69) is 0 Å². The van der Waals surface area contributed by atoms with Crippen LogP contribution in [0.4, 0.5) is 0 Å². The molecule has 2 aliphatic rings. The molecule has 0 radical (unpaired) electrons. The molecule has 2 heterocycles. The van der Waals surface area contributed by atoms with Crippen LogP contribution in [0.1, 0.15) is 5.56 Å². The highest BCUT2D eigenvalue weighted by atomic mass is 35.5. The Hall–Kier alpha value is -2.00. The normalized spacial score (nSPS) is 17.6. The molecule has 0 amide bonds. The van der Waals surface area contributed by atoms with Gasteiger partial charge in [0.15, 0.2) is 11.5 Å². The topological polar surface area (TPSA) is 69.5 Å². The van der Waals surface area contributed by atoms with Gasteiger partial charge in [-0.25, -0.2) is 8.42 Å². The smallest absolute Gasteiger partial charge is 0.247 e. The van der Waals surface area contributed by atoms with Crippen LogP contribution >= 0.6 is 11.6 Å². The third kappa shape index (κ3) is 3.77. The standard InChI is InChI=1S/C19H21ClN2O5S/c1-25-17-5-3-15(20)11-19(17)28(23,24)22-8-6-21(7-9-22)12-14-2-4-16-18(10-14)27-13-26-16/h2-5,10-11H,6-9,12-13H2,1H3/p+1. The molecule has 0 spiro atoms. The summed E-state index contributed by atoms with van der Waals surface area (Å²) in [6.45, 7) is 3.39. The van der Waals surface area contributed by atoms with Gasteiger partial charge in [-0.05, 0) is 36.4 Å². The number of hydrogen-bond donors (Lipinski definition) is 1. The minimum atomic E-state index is -3.66. The van der Waals surface area contributed by atoms with Gasteiger partial charge in [0.25, 0.3) is 0 Å². The summed E-state index contributed by atoms with van der Waals surface area (Å²) in [7, 11) is -2.20. The van der Waals surface area contributed by atoms with Crippen molar-refractivity contribution >= 4 is 21.6 Å². The van der Waals surface area contributed by atoms with Crippen molar-refractivity contribution < 1.29 is 27.5 Å². The number of ether oxygens (including phenoxy) is 3. The van der Waals surface area contributed by atoms with Gasteiger partial charge in [-0.15, -0.1) is 0 Å². The van der Waals surface area contributed by atoms with E-state index in [1.807, 2.05) is 18.2 Å². The molecule has 9 heteroatoms. The lowest BCUT2D eigenvalue weighted by molar-refractivity contribution is -0.917. The Labute approximate surface area is 169 Å². The fourth-order valence-electron chi connectivity index (χ4n) is 3.55. The monoisotopic (exact) mass is 425 g/mol. The number of quaternary nitrogens is 1. The quantitative estimate of drug-likeness (QED) is 0.778. The first kappa shape index (κ1) is 19.3. The van der Waals surface area contributed by atoms with E-state index in [0.717, 1.165) is 36.7 Å². The first-order chi connectivity index (χ1) is 13.5. The number of nitrogens with one attached hydrogen (secondary N) is 1. The number of piperazine rings is 1. The minimum Gasteiger partial charge on any atom is -0.495 e. The van der Waals surface area contributed by atoms with Crippen molar-refractivity contribution in [3.63, 3.8) is 0 Å². The molecule has 0 bridgehead atoms. The van der Waals surface area contributed by atoms with Crippen molar-refractivity contribution in [2.24, 2.45) is 0 Å². The van der Waals surface area contributed by atoms with Crippen LogP contribution in [0.2, 0.25) is 5.02 Å². The van der Waals surface area contributed by atoms with Crippen molar-refractivity contribution in [3.05, 3.63) is 47.0 Å². The first-order valence-corrected chi connectivity index (χ1v) is 10.8. The number of rotatable bonds is 5. The van der Waals surface area contributed by atoms with Gasteiger partial charge in [-0.1, -0.05) is 11.6 Å². The largest absolute Gasteiger partial charge is 0.495 e. The summed E-state index contributed by atoms with van der Waals surface area (Å²) in [6, 6.07) is 10.6. The zero-order valence-electron chi connectivity index (χ0n) is 15.5. The van der Waals surface area contributed by atoms with Gasteiger partial charge >= 0.3 is 0 Å². The highest BCUT2D eigenvalue weighted by molar-refractivity contribution is 7.89. The maximum atomic E-state index is 13.1. The van der Waals surface area contributed by atoms with Gasteiger partial charge in [0.05, 0.1) is 33.3 Å². The second kappa shape index (κ2) is 7.79. The average Bonchev–Trinajstić information content (AvgIpc) is 3.16. The summed E-state index contributed by atoms with van der Waals surface area (Å²) < 4.78 is 43.6. The Bertz CT molecular complexity index is 974. The van der Waals surface area contributed by atoms with Gasteiger partial charge in [-0.3, -0.25) is 0 Å². The van der Waals surface area contributed by atoms with Crippen LogP contribution < -0.4 is 19.1 Å². The van der Waals surface area contributed by atoms with Crippen LogP contribution in [0, 0.1) is 0 Å². The second-order valence-electron chi connectivity index (χ2n) is 6.81. The Morgan fingerprint density at radius 1 is 1.11 bits per heavy atom. The molecule has 0 aliphatic carbocycles.